The van der Waals surface area contributed by atoms with Crippen molar-refractivity contribution in [1.82, 2.24) is 5.32 Å². The summed E-state index contributed by atoms with van der Waals surface area (Å²) in [6, 6.07) is 7.84. The maximum absolute atomic E-state index is 13.9. The fourth-order valence-corrected chi connectivity index (χ4v) is 2.34. The predicted molar refractivity (Wildman–Crippen MR) is 76.0 cm³/mol. The summed E-state index contributed by atoms with van der Waals surface area (Å²) < 4.78 is 41.7. The molecule has 106 valence electrons. The molecule has 0 aliphatic rings. The van der Waals surface area contributed by atoms with Gasteiger partial charge in [0.1, 0.15) is 17.5 Å². The highest BCUT2D eigenvalue weighted by Crippen LogP contribution is 2.28. The highest BCUT2D eigenvalue weighted by atomic mass is 79.9. The second-order valence-electron chi connectivity index (χ2n) is 4.33. The number of benzene rings is 2. The zero-order valence-electron chi connectivity index (χ0n) is 10.8. The van der Waals surface area contributed by atoms with Crippen molar-refractivity contribution in [2.24, 2.45) is 0 Å². The van der Waals surface area contributed by atoms with Gasteiger partial charge < -0.3 is 5.32 Å². The molecule has 1 unspecified atom stereocenters. The number of halogens is 4. The topological polar surface area (TPSA) is 12.0 Å². The van der Waals surface area contributed by atoms with Crippen LogP contribution in [0.15, 0.2) is 40.9 Å². The van der Waals surface area contributed by atoms with Crippen LogP contribution in [-0.4, -0.2) is 6.54 Å². The third-order valence-corrected chi connectivity index (χ3v) is 3.47. The maximum atomic E-state index is 13.9. The summed E-state index contributed by atoms with van der Waals surface area (Å²) in [5.41, 5.74) is 0.537. The van der Waals surface area contributed by atoms with E-state index in [-0.39, 0.29) is 5.56 Å². The predicted octanol–water partition coefficient (Wildman–Crippen LogP) is 4.57. The minimum absolute atomic E-state index is 0.171. The van der Waals surface area contributed by atoms with E-state index in [1.165, 1.54) is 0 Å². The Hall–Kier alpha value is -1.33. The molecule has 0 aliphatic carbocycles. The molecule has 2 aromatic carbocycles. The van der Waals surface area contributed by atoms with E-state index in [0.717, 1.165) is 4.47 Å². The van der Waals surface area contributed by atoms with Gasteiger partial charge in [0.2, 0.25) is 0 Å². The molecule has 2 rings (SSSR count). The lowest BCUT2D eigenvalue weighted by Crippen LogP contribution is -2.24. The molecule has 2 aromatic rings. The first kappa shape index (κ1) is 15.1. The third kappa shape index (κ3) is 3.22. The highest BCUT2D eigenvalue weighted by Gasteiger charge is 2.22. The molecule has 0 amide bonds. The Balaban J connectivity index is 2.51. The number of hydrogen-bond donors (Lipinski definition) is 1. The largest absolute Gasteiger partial charge is 0.306 e. The van der Waals surface area contributed by atoms with E-state index in [1.807, 2.05) is 6.92 Å². The molecule has 0 bridgehead atoms. The summed E-state index contributed by atoms with van der Waals surface area (Å²) >= 11 is 3.31. The Labute approximate surface area is 123 Å². The summed E-state index contributed by atoms with van der Waals surface area (Å²) in [4.78, 5) is 0. The van der Waals surface area contributed by atoms with Crippen molar-refractivity contribution in [3.05, 3.63) is 69.4 Å². The van der Waals surface area contributed by atoms with Gasteiger partial charge in [0.15, 0.2) is 0 Å². The fraction of sp³-hybridized carbons (Fsp3) is 0.200. The van der Waals surface area contributed by atoms with Crippen LogP contribution in [0.2, 0.25) is 0 Å². The van der Waals surface area contributed by atoms with Crippen LogP contribution < -0.4 is 5.32 Å². The van der Waals surface area contributed by atoms with Crippen molar-refractivity contribution in [2.75, 3.05) is 6.54 Å². The quantitative estimate of drug-likeness (QED) is 0.857. The molecule has 0 saturated heterocycles. The second-order valence-corrected chi connectivity index (χ2v) is 5.24. The Morgan fingerprint density at radius 2 is 1.60 bits per heavy atom. The van der Waals surface area contributed by atoms with Crippen LogP contribution in [0, 0.1) is 17.5 Å². The molecule has 0 spiro atoms. The van der Waals surface area contributed by atoms with Gasteiger partial charge >= 0.3 is 0 Å². The van der Waals surface area contributed by atoms with Gasteiger partial charge in [0.25, 0.3) is 0 Å². The first-order chi connectivity index (χ1) is 9.52. The van der Waals surface area contributed by atoms with Gasteiger partial charge in [-0.3, -0.25) is 0 Å². The van der Waals surface area contributed by atoms with E-state index in [2.05, 4.69) is 21.2 Å². The average Bonchev–Trinajstić information content (AvgIpc) is 2.37. The van der Waals surface area contributed by atoms with E-state index in [9.17, 15) is 13.2 Å². The van der Waals surface area contributed by atoms with Crippen molar-refractivity contribution in [3.8, 4) is 0 Å². The van der Waals surface area contributed by atoms with Crippen molar-refractivity contribution in [3.63, 3.8) is 0 Å². The first-order valence-electron chi connectivity index (χ1n) is 6.16. The van der Waals surface area contributed by atoms with E-state index in [0.29, 0.717) is 24.2 Å². The number of nitrogens with one attached hydrogen (secondary N) is 1. The van der Waals surface area contributed by atoms with Gasteiger partial charge in [-0.15, -0.1) is 0 Å². The van der Waals surface area contributed by atoms with Gasteiger partial charge in [-0.05, 0) is 24.2 Å². The lowest BCUT2D eigenvalue weighted by atomic mass is 9.97. The van der Waals surface area contributed by atoms with Gasteiger partial charge in [-0.1, -0.05) is 35.0 Å². The van der Waals surface area contributed by atoms with E-state index in [1.54, 1.807) is 24.3 Å². The minimum atomic E-state index is -0.921. The molecule has 1 atom stereocenters. The lowest BCUT2D eigenvalue weighted by Gasteiger charge is -2.20. The molecule has 0 radical (unpaired) electrons. The third-order valence-electron chi connectivity index (χ3n) is 2.94. The van der Waals surface area contributed by atoms with E-state index >= 15 is 0 Å². The molecule has 0 aliphatic heterocycles. The van der Waals surface area contributed by atoms with Crippen molar-refractivity contribution in [1.29, 1.82) is 0 Å². The standard InChI is InChI=1S/C15H13BrF3N/c1-2-20-15(9-3-5-10(16)6-4-9)14-12(18)7-11(17)8-13(14)19/h3-8,15,20H,2H2,1H3. The Kier molecular flexibility index (Phi) is 4.83. The first-order valence-corrected chi connectivity index (χ1v) is 6.95. The van der Waals surface area contributed by atoms with Crippen LogP contribution >= 0.6 is 15.9 Å². The Morgan fingerprint density at radius 3 is 2.10 bits per heavy atom. The summed E-state index contributed by atoms with van der Waals surface area (Å²) in [6.45, 7) is 2.36. The Bertz CT molecular complexity index is 576. The molecule has 0 saturated carbocycles. The summed E-state index contributed by atoms with van der Waals surface area (Å²) in [5.74, 6) is -2.71. The van der Waals surface area contributed by atoms with Crippen LogP contribution in [0.3, 0.4) is 0 Å². The van der Waals surface area contributed by atoms with Gasteiger partial charge in [-0.25, -0.2) is 13.2 Å². The zero-order chi connectivity index (χ0) is 14.7. The highest BCUT2D eigenvalue weighted by molar-refractivity contribution is 9.10. The van der Waals surface area contributed by atoms with E-state index < -0.39 is 23.5 Å². The van der Waals surface area contributed by atoms with Crippen molar-refractivity contribution < 1.29 is 13.2 Å². The smallest absolute Gasteiger partial charge is 0.134 e. The molecular weight excluding hydrogens is 331 g/mol. The van der Waals surface area contributed by atoms with Crippen molar-refractivity contribution >= 4 is 15.9 Å². The molecule has 1 N–H and O–H groups in total. The van der Waals surface area contributed by atoms with Gasteiger partial charge in [0, 0.05) is 22.2 Å². The van der Waals surface area contributed by atoms with Crippen LogP contribution in [-0.2, 0) is 0 Å². The SMILES string of the molecule is CCNC(c1ccc(Br)cc1)c1c(F)cc(F)cc1F. The van der Waals surface area contributed by atoms with Crippen molar-refractivity contribution in [2.45, 2.75) is 13.0 Å². The monoisotopic (exact) mass is 343 g/mol. The molecule has 0 heterocycles. The van der Waals surface area contributed by atoms with Gasteiger partial charge in [0.05, 0.1) is 6.04 Å². The summed E-state index contributed by atoms with van der Waals surface area (Å²) in [5, 5.41) is 3.02. The second kappa shape index (κ2) is 6.41. The maximum Gasteiger partial charge on any atom is 0.134 e. The molecule has 5 heteroatoms. The number of hydrogen-bond acceptors (Lipinski definition) is 1. The van der Waals surface area contributed by atoms with Crippen LogP contribution in [0.4, 0.5) is 13.2 Å². The van der Waals surface area contributed by atoms with Gasteiger partial charge in [-0.2, -0.15) is 0 Å². The summed E-state index contributed by atoms with van der Waals surface area (Å²) in [7, 11) is 0. The zero-order valence-corrected chi connectivity index (χ0v) is 12.3. The van der Waals surface area contributed by atoms with E-state index in [4.69, 9.17) is 0 Å². The fourth-order valence-electron chi connectivity index (χ4n) is 2.08. The minimum Gasteiger partial charge on any atom is -0.306 e. The van der Waals surface area contributed by atoms with Crippen LogP contribution in [0.1, 0.15) is 24.1 Å². The van der Waals surface area contributed by atoms with Crippen LogP contribution in [0.5, 0.6) is 0 Å². The molecule has 1 nitrogen and oxygen atoms in total. The molecule has 0 fully saturated rings. The molecule has 0 aromatic heterocycles. The normalized spacial score (nSPS) is 12.4. The lowest BCUT2D eigenvalue weighted by molar-refractivity contribution is 0.492. The average molecular weight is 344 g/mol. The summed E-state index contributed by atoms with van der Waals surface area (Å²) in [6.07, 6.45) is 0. The molecule has 20 heavy (non-hydrogen) atoms. The molecular formula is C15H13BrF3N. The number of rotatable bonds is 4. The Morgan fingerprint density at radius 1 is 1.05 bits per heavy atom. The van der Waals surface area contributed by atoms with Crippen LogP contribution in [0.25, 0.3) is 0 Å².